The van der Waals surface area contributed by atoms with Crippen LogP contribution >= 0.6 is 0 Å². The van der Waals surface area contributed by atoms with E-state index < -0.39 is 48.3 Å². The van der Waals surface area contributed by atoms with E-state index in [9.17, 15) is 32.3 Å². The Morgan fingerprint density at radius 1 is 1.30 bits per heavy atom. The summed E-state index contributed by atoms with van der Waals surface area (Å²) in [6, 6.07) is 2.14. The number of carbonyl (C=O) groups is 4. The quantitative estimate of drug-likeness (QED) is 0.674. The van der Waals surface area contributed by atoms with E-state index >= 15 is 0 Å². The second kappa shape index (κ2) is 7.50. The summed E-state index contributed by atoms with van der Waals surface area (Å²) in [5.41, 5.74) is -0.0790. The fraction of sp³-hybridized carbons (Fsp3) is 0.444. The highest BCUT2D eigenvalue weighted by Crippen LogP contribution is 2.45. The van der Waals surface area contributed by atoms with Crippen molar-refractivity contribution in [3.05, 3.63) is 29.3 Å². The van der Waals surface area contributed by atoms with Gasteiger partial charge in [0.05, 0.1) is 0 Å². The molecule has 1 fully saturated rings. The molecule has 0 bridgehead atoms. The summed E-state index contributed by atoms with van der Waals surface area (Å²) in [7, 11) is 1.45. The van der Waals surface area contributed by atoms with Crippen molar-refractivity contribution in [1.82, 2.24) is 15.5 Å². The van der Waals surface area contributed by atoms with Crippen LogP contribution in [0.15, 0.2) is 18.2 Å². The number of carbonyl (C=O) groups excluding carboxylic acids is 4. The standard InChI is InChI=1S/C18H19F3N4O5/c1-9(18(19,20)21)23-13(26)8-25-14(27)17(30-16(25)29)6-5-10-7-11(3-4-12(10)17)24-15(28)22-2/h3-4,7,9H,5-6,8H2,1-2H3,(H,23,26)(H2,22,24,28)/t9-,17+/m0/s1. The number of nitrogens with zero attached hydrogens (tertiary/aromatic N) is 1. The van der Waals surface area contributed by atoms with Gasteiger partial charge in [-0.2, -0.15) is 13.2 Å². The Hall–Kier alpha value is -3.31. The minimum Gasteiger partial charge on any atom is -0.427 e. The van der Waals surface area contributed by atoms with Gasteiger partial charge in [-0.15, -0.1) is 0 Å². The van der Waals surface area contributed by atoms with Gasteiger partial charge >= 0.3 is 18.3 Å². The smallest absolute Gasteiger partial charge is 0.418 e. The van der Waals surface area contributed by atoms with Gasteiger partial charge in [0, 0.05) is 24.7 Å². The molecule has 0 saturated carbocycles. The molecule has 0 unspecified atom stereocenters. The lowest BCUT2D eigenvalue weighted by molar-refractivity contribution is -0.158. The predicted molar refractivity (Wildman–Crippen MR) is 96.4 cm³/mol. The lowest BCUT2D eigenvalue weighted by Crippen LogP contribution is -2.48. The number of halogens is 3. The summed E-state index contributed by atoms with van der Waals surface area (Å²) in [6.07, 6.45) is -5.27. The number of nitrogens with one attached hydrogen (secondary N) is 3. The van der Waals surface area contributed by atoms with Crippen LogP contribution in [-0.4, -0.2) is 54.6 Å². The van der Waals surface area contributed by atoms with Crippen LogP contribution in [-0.2, 0) is 26.3 Å². The minimum atomic E-state index is -4.66. The van der Waals surface area contributed by atoms with Crippen LogP contribution in [0.3, 0.4) is 0 Å². The monoisotopic (exact) mass is 428 g/mol. The number of benzene rings is 1. The number of aryl methyl sites for hydroxylation is 1. The van der Waals surface area contributed by atoms with Crippen LogP contribution < -0.4 is 16.0 Å². The third-order valence-electron chi connectivity index (χ3n) is 5.01. The van der Waals surface area contributed by atoms with Crippen LogP contribution in [0.5, 0.6) is 0 Å². The molecule has 12 heteroatoms. The lowest BCUT2D eigenvalue weighted by Gasteiger charge is -2.21. The van der Waals surface area contributed by atoms with Crippen LogP contribution in [0.1, 0.15) is 24.5 Å². The van der Waals surface area contributed by atoms with Gasteiger partial charge in [-0.3, -0.25) is 9.59 Å². The van der Waals surface area contributed by atoms with Crippen molar-refractivity contribution in [2.45, 2.75) is 37.6 Å². The van der Waals surface area contributed by atoms with Crippen molar-refractivity contribution in [1.29, 1.82) is 0 Å². The van der Waals surface area contributed by atoms with Gasteiger partial charge in [-0.1, -0.05) is 6.07 Å². The average molecular weight is 428 g/mol. The van der Waals surface area contributed by atoms with Gasteiger partial charge in [-0.05, 0) is 31.0 Å². The van der Waals surface area contributed by atoms with E-state index in [1.54, 1.807) is 11.4 Å². The second-order valence-electron chi connectivity index (χ2n) is 6.99. The molecule has 1 spiro atoms. The van der Waals surface area contributed by atoms with Crippen molar-refractivity contribution in [3.63, 3.8) is 0 Å². The molecule has 1 aromatic rings. The third kappa shape index (κ3) is 3.76. The summed E-state index contributed by atoms with van der Waals surface area (Å²) in [4.78, 5) is 49.0. The van der Waals surface area contributed by atoms with E-state index in [4.69, 9.17) is 4.74 Å². The van der Waals surface area contributed by atoms with E-state index in [1.807, 2.05) is 0 Å². The Labute approximate surface area is 168 Å². The van der Waals surface area contributed by atoms with E-state index in [2.05, 4.69) is 10.6 Å². The molecule has 5 amide bonds. The topological polar surface area (TPSA) is 117 Å². The Balaban J connectivity index is 1.77. The number of anilines is 1. The molecule has 2 atom stereocenters. The Kier molecular flexibility index (Phi) is 5.35. The fourth-order valence-corrected chi connectivity index (χ4v) is 3.44. The first-order chi connectivity index (χ1) is 14.0. The summed E-state index contributed by atoms with van der Waals surface area (Å²) in [5.74, 6) is -1.95. The molecule has 30 heavy (non-hydrogen) atoms. The zero-order chi connectivity index (χ0) is 22.3. The maximum Gasteiger partial charge on any atom is 0.418 e. The third-order valence-corrected chi connectivity index (χ3v) is 5.01. The number of hydrogen-bond donors (Lipinski definition) is 3. The first-order valence-corrected chi connectivity index (χ1v) is 9.01. The van der Waals surface area contributed by atoms with Crippen molar-refractivity contribution < 1.29 is 37.1 Å². The van der Waals surface area contributed by atoms with Crippen molar-refractivity contribution in [2.75, 3.05) is 18.9 Å². The number of hydrogen-bond acceptors (Lipinski definition) is 5. The van der Waals surface area contributed by atoms with E-state index in [1.165, 1.54) is 19.2 Å². The summed E-state index contributed by atoms with van der Waals surface area (Å²) in [5, 5.41) is 6.69. The van der Waals surface area contributed by atoms with Crippen molar-refractivity contribution in [3.8, 4) is 0 Å². The molecule has 3 rings (SSSR count). The van der Waals surface area contributed by atoms with Crippen molar-refractivity contribution in [2.24, 2.45) is 0 Å². The molecule has 0 aromatic heterocycles. The summed E-state index contributed by atoms with van der Waals surface area (Å²) in [6.45, 7) is -0.132. The zero-order valence-electron chi connectivity index (χ0n) is 16.1. The molecule has 1 aliphatic carbocycles. The van der Waals surface area contributed by atoms with Gasteiger partial charge in [0.15, 0.2) is 0 Å². The molecule has 0 radical (unpaired) electrons. The molecule has 1 saturated heterocycles. The molecule has 3 N–H and O–H groups in total. The van der Waals surface area contributed by atoms with Gasteiger partial charge in [0.2, 0.25) is 11.5 Å². The molecular weight excluding hydrogens is 409 g/mol. The molecule has 1 aromatic carbocycles. The first-order valence-electron chi connectivity index (χ1n) is 9.01. The summed E-state index contributed by atoms with van der Waals surface area (Å²) < 4.78 is 43.1. The van der Waals surface area contributed by atoms with Crippen LogP contribution in [0.2, 0.25) is 0 Å². The Bertz CT molecular complexity index is 920. The molecule has 2 aliphatic rings. The largest absolute Gasteiger partial charge is 0.427 e. The number of rotatable bonds is 4. The molecule has 1 heterocycles. The van der Waals surface area contributed by atoms with Crippen LogP contribution in [0, 0.1) is 0 Å². The molecular formula is C18H19F3N4O5. The van der Waals surface area contributed by atoms with E-state index in [0.717, 1.165) is 6.92 Å². The molecule has 9 nitrogen and oxygen atoms in total. The maximum absolute atomic E-state index is 12.9. The lowest BCUT2D eigenvalue weighted by atomic mass is 9.94. The minimum absolute atomic E-state index is 0.118. The van der Waals surface area contributed by atoms with Gasteiger partial charge in [0.25, 0.3) is 5.91 Å². The number of fused-ring (bicyclic) bond motifs is 2. The van der Waals surface area contributed by atoms with Crippen LogP contribution in [0.4, 0.5) is 28.4 Å². The number of imide groups is 1. The van der Waals surface area contributed by atoms with Gasteiger partial charge in [0.1, 0.15) is 12.6 Å². The molecule has 1 aliphatic heterocycles. The Morgan fingerprint density at radius 2 is 2.00 bits per heavy atom. The van der Waals surface area contributed by atoms with Gasteiger partial charge < -0.3 is 20.7 Å². The zero-order valence-corrected chi connectivity index (χ0v) is 16.1. The number of urea groups is 1. The first kappa shape index (κ1) is 21.4. The van der Waals surface area contributed by atoms with E-state index in [-0.39, 0.29) is 6.42 Å². The number of ether oxygens (including phenoxy) is 1. The average Bonchev–Trinajstić information content (AvgIpc) is 3.13. The van der Waals surface area contributed by atoms with Gasteiger partial charge in [-0.25, -0.2) is 14.5 Å². The number of alkyl halides is 3. The van der Waals surface area contributed by atoms with Crippen LogP contribution in [0.25, 0.3) is 0 Å². The highest BCUT2D eigenvalue weighted by Gasteiger charge is 2.58. The molecule has 162 valence electrons. The predicted octanol–water partition coefficient (Wildman–Crippen LogP) is 1.63. The maximum atomic E-state index is 12.9. The van der Waals surface area contributed by atoms with E-state index in [0.29, 0.717) is 28.1 Å². The highest BCUT2D eigenvalue weighted by molar-refractivity contribution is 6.06. The number of amides is 5. The fourth-order valence-electron chi connectivity index (χ4n) is 3.44. The highest BCUT2D eigenvalue weighted by atomic mass is 19.4. The normalized spacial score (nSPS) is 21.3. The summed E-state index contributed by atoms with van der Waals surface area (Å²) >= 11 is 0. The van der Waals surface area contributed by atoms with Crippen molar-refractivity contribution >= 4 is 29.6 Å². The Morgan fingerprint density at radius 3 is 2.63 bits per heavy atom. The second-order valence-corrected chi connectivity index (χ2v) is 6.99. The SMILES string of the molecule is CNC(=O)Nc1ccc2c(c1)CC[C@@]21OC(=O)N(CC(=O)N[C@@H](C)C(F)(F)F)C1=O.